The molecule has 3 heterocycles. The minimum Gasteiger partial charge on any atom is -0.467 e. The Morgan fingerprint density at radius 3 is 2.76 bits per heavy atom. The lowest BCUT2D eigenvalue weighted by molar-refractivity contribution is -0.155. The molecular formula is C19H18N2O4. The van der Waals surface area contributed by atoms with E-state index in [4.69, 9.17) is 4.74 Å². The Morgan fingerprint density at radius 1 is 1.28 bits per heavy atom. The number of rotatable bonds is 2. The highest BCUT2D eigenvalue weighted by Crippen LogP contribution is 2.42. The number of nitrogens with zero attached hydrogens (tertiary/aromatic N) is 1. The van der Waals surface area contributed by atoms with Crippen LogP contribution in [0.15, 0.2) is 35.9 Å². The average molecular weight is 338 g/mol. The van der Waals surface area contributed by atoms with E-state index in [1.165, 1.54) is 18.9 Å². The van der Waals surface area contributed by atoms with Gasteiger partial charge in [0.15, 0.2) is 5.78 Å². The van der Waals surface area contributed by atoms with E-state index in [0.29, 0.717) is 12.8 Å². The number of aromatic amines is 1. The number of amides is 1. The van der Waals surface area contributed by atoms with Crippen LogP contribution in [0, 0.1) is 0 Å². The third-order valence-corrected chi connectivity index (χ3v) is 5.11. The summed E-state index contributed by atoms with van der Waals surface area (Å²) >= 11 is 0. The maximum atomic E-state index is 12.9. The average Bonchev–Trinajstić information content (AvgIpc) is 2.99. The molecule has 0 saturated carbocycles. The number of carbonyl (C=O) groups is 3. The predicted octanol–water partition coefficient (Wildman–Crippen LogP) is 2.05. The van der Waals surface area contributed by atoms with E-state index in [-0.39, 0.29) is 17.4 Å². The van der Waals surface area contributed by atoms with Crippen LogP contribution in [0.5, 0.6) is 0 Å². The van der Waals surface area contributed by atoms with E-state index in [0.717, 1.165) is 22.2 Å². The summed E-state index contributed by atoms with van der Waals surface area (Å²) in [5.41, 5.74) is 3.10. The molecule has 2 aliphatic rings. The molecular weight excluding hydrogens is 320 g/mol. The van der Waals surface area contributed by atoms with E-state index >= 15 is 0 Å². The number of ether oxygens (including phenoxy) is 1. The highest BCUT2D eigenvalue weighted by Gasteiger charge is 2.46. The highest BCUT2D eigenvalue weighted by molar-refractivity contribution is 6.19. The van der Waals surface area contributed by atoms with Gasteiger partial charge in [0.2, 0.25) is 0 Å². The Bertz CT molecular complexity index is 940. The number of para-hydroxylation sites is 1. The van der Waals surface area contributed by atoms with Gasteiger partial charge in [-0.05, 0) is 25.0 Å². The molecule has 0 fully saturated rings. The number of H-pyrrole nitrogens is 1. The third-order valence-electron chi connectivity index (χ3n) is 5.11. The van der Waals surface area contributed by atoms with Crippen LogP contribution >= 0.6 is 0 Å². The second-order valence-electron chi connectivity index (χ2n) is 6.44. The summed E-state index contributed by atoms with van der Waals surface area (Å²) in [6, 6.07) is 6.87. The standard InChI is InChI=1S/C19H18N2O4/c1-10(22)11-7-8-15-17-13(12-5-3-4-6-14(12)20-17)9-16(19(24)25-2)21(15)18(11)23/h3-7,15-16,20H,8-9H2,1-2H3/t15-,16-/m0/s1. The molecule has 6 heteroatoms. The van der Waals surface area contributed by atoms with Crippen molar-refractivity contribution in [2.24, 2.45) is 0 Å². The minimum atomic E-state index is -0.725. The SMILES string of the molecule is COC(=O)[C@@H]1Cc2c([nH]c3ccccc23)[C@@H]2CC=C(C(C)=O)C(=O)N12. The van der Waals surface area contributed by atoms with Crippen LogP contribution in [0.2, 0.25) is 0 Å². The molecule has 0 aliphatic carbocycles. The van der Waals surface area contributed by atoms with Crippen LogP contribution in [-0.2, 0) is 25.5 Å². The number of Topliss-reactive ketones (excluding diaryl/α,β-unsaturated/α-hetero) is 1. The molecule has 2 atom stereocenters. The number of esters is 1. The van der Waals surface area contributed by atoms with Crippen molar-refractivity contribution in [3.63, 3.8) is 0 Å². The molecule has 4 rings (SSSR count). The van der Waals surface area contributed by atoms with Gasteiger partial charge >= 0.3 is 5.97 Å². The van der Waals surface area contributed by atoms with Gasteiger partial charge in [-0.2, -0.15) is 0 Å². The van der Waals surface area contributed by atoms with Gasteiger partial charge in [-0.15, -0.1) is 0 Å². The lowest BCUT2D eigenvalue weighted by atomic mass is 9.86. The maximum Gasteiger partial charge on any atom is 0.328 e. The first-order valence-corrected chi connectivity index (χ1v) is 8.24. The number of ketones is 1. The van der Waals surface area contributed by atoms with Crippen molar-refractivity contribution in [3.05, 3.63) is 47.2 Å². The lowest BCUT2D eigenvalue weighted by Crippen LogP contribution is -2.53. The number of nitrogens with one attached hydrogen (secondary N) is 1. The van der Waals surface area contributed by atoms with E-state index in [1.54, 1.807) is 6.08 Å². The van der Waals surface area contributed by atoms with Crippen molar-refractivity contribution in [3.8, 4) is 0 Å². The fourth-order valence-electron chi connectivity index (χ4n) is 3.97. The van der Waals surface area contributed by atoms with Crippen molar-refractivity contribution in [1.29, 1.82) is 0 Å². The van der Waals surface area contributed by atoms with Crippen molar-refractivity contribution < 1.29 is 19.1 Å². The summed E-state index contributed by atoms with van der Waals surface area (Å²) in [6.07, 6.45) is 2.55. The second-order valence-corrected chi connectivity index (χ2v) is 6.44. The first-order chi connectivity index (χ1) is 12.0. The molecule has 0 radical (unpaired) electrons. The molecule has 0 bridgehead atoms. The van der Waals surface area contributed by atoms with Crippen LogP contribution < -0.4 is 0 Å². The molecule has 0 spiro atoms. The molecule has 25 heavy (non-hydrogen) atoms. The number of aromatic nitrogens is 1. The number of methoxy groups -OCH3 is 1. The Hall–Kier alpha value is -2.89. The van der Waals surface area contributed by atoms with Gasteiger partial charge in [0.05, 0.1) is 18.7 Å². The summed E-state index contributed by atoms with van der Waals surface area (Å²) in [5, 5.41) is 1.06. The maximum absolute atomic E-state index is 12.9. The summed E-state index contributed by atoms with van der Waals surface area (Å²) in [7, 11) is 1.32. The van der Waals surface area contributed by atoms with Crippen LogP contribution in [0.1, 0.15) is 30.6 Å². The normalized spacial score (nSPS) is 22.2. The number of hydrogen-bond acceptors (Lipinski definition) is 4. The molecule has 6 nitrogen and oxygen atoms in total. The Labute approximate surface area is 144 Å². The summed E-state index contributed by atoms with van der Waals surface area (Å²) in [4.78, 5) is 41.9. The smallest absolute Gasteiger partial charge is 0.328 e. The highest BCUT2D eigenvalue weighted by atomic mass is 16.5. The zero-order chi connectivity index (χ0) is 17.7. The van der Waals surface area contributed by atoms with E-state index in [9.17, 15) is 14.4 Å². The summed E-state index contributed by atoms with van der Waals surface area (Å²) < 4.78 is 4.94. The van der Waals surface area contributed by atoms with Gasteiger partial charge < -0.3 is 14.6 Å². The van der Waals surface area contributed by atoms with Gasteiger partial charge in [-0.1, -0.05) is 24.3 Å². The molecule has 2 aromatic rings. The topological polar surface area (TPSA) is 79.5 Å². The molecule has 0 unspecified atom stereocenters. The van der Waals surface area contributed by atoms with E-state index < -0.39 is 17.9 Å². The van der Waals surface area contributed by atoms with Crippen LogP contribution in [0.25, 0.3) is 10.9 Å². The van der Waals surface area contributed by atoms with Crippen molar-refractivity contribution in [2.75, 3.05) is 7.11 Å². The van der Waals surface area contributed by atoms with Gasteiger partial charge in [0, 0.05) is 23.0 Å². The quantitative estimate of drug-likeness (QED) is 0.671. The molecule has 1 aromatic heterocycles. The van der Waals surface area contributed by atoms with Gasteiger partial charge in [0.25, 0.3) is 5.91 Å². The molecule has 0 saturated heterocycles. The Kier molecular flexibility index (Phi) is 3.49. The van der Waals surface area contributed by atoms with Crippen molar-refractivity contribution in [1.82, 2.24) is 9.88 Å². The second kappa shape index (κ2) is 5.58. The zero-order valence-electron chi connectivity index (χ0n) is 14.0. The third kappa shape index (κ3) is 2.21. The number of benzene rings is 1. The molecule has 2 aliphatic heterocycles. The van der Waals surface area contributed by atoms with Crippen molar-refractivity contribution >= 4 is 28.6 Å². The monoisotopic (exact) mass is 338 g/mol. The number of carbonyl (C=O) groups excluding carboxylic acids is 3. The number of hydrogen-bond donors (Lipinski definition) is 1. The summed E-state index contributed by atoms with van der Waals surface area (Å²) in [5.74, 6) is -1.14. The fourth-order valence-corrected chi connectivity index (χ4v) is 3.97. The van der Waals surface area contributed by atoms with Gasteiger partial charge in [-0.3, -0.25) is 9.59 Å². The first-order valence-electron chi connectivity index (χ1n) is 8.24. The van der Waals surface area contributed by atoms with E-state index in [1.807, 2.05) is 24.3 Å². The largest absolute Gasteiger partial charge is 0.467 e. The van der Waals surface area contributed by atoms with Crippen molar-refractivity contribution in [2.45, 2.75) is 31.8 Å². The van der Waals surface area contributed by atoms with E-state index in [2.05, 4.69) is 4.98 Å². The predicted molar refractivity (Wildman–Crippen MR) is 90.8 cm³/mol. The van der Waals surface area contributed by atoms with Gasteiger partial charge in [-0.25, -0.2) is 4.79 Å². The van der Waals surface area contributed by atoms with Crippen LogP contribution in [-0.4, -0.2) is 40.7 Å². The lowest BCUT2D eigenvalue weighted by Gasteiger charge is -2.42. The minimum absolute atomic E-state index is 0.143. The Balaban J connectivity index is 1.90. The first kappa shape index (κ1) is 15.6. The number of fused-ring (bicyclic) bond motifs is 5. The fraction of sp³-hybridized carbons (Fsp3) is 0.316. The molecule has 128 valence electrons. The molecule has 1 aromatic carbocycles. The summed E-state index contributed by atoms with van der Waals surface area (Å²) in [6.45, 7) is 1.37. The molecule has 1 N–H and O–H groups in total. The Morgan fingerprint density at radius 2 is 2.04 bits per heavy atom. The zero-order valence-corrected chi connectivity index (χ0v) is 14.0. The molecule has 1 amide bonds. The van der Waals surface area contributed by atoms with Gasteiger partial charge in [0.1, 0.15) is 6.04 Å². The van der Waals surface area contributed by atoms with Crippen LogP contribution in [0.3, 0.4) is 0 Å². The van der Waals surface area contributed by atoms with Crippen LogP contribution in [0.4, 0.5) is 0 Å².